The highest BCUT2D eigenvalue weighted by molar-refractivity contribution is 5.13. The summed E-state index contributed by atoms with van der Waals surface area (Å²) in [5.74, 6) is -0.0414. The minimum Gasteiger partial charge on any atom is -0.377 e. The number of hydrogen-bond donors (Lipinski definition) is 0. The van der Waals surface area contributed by atoms with Crippen molar-refractivity contribution in [3.63, 3.8) is 0 Å². The molecule has 1 aromatic carbocycles. The lowest BCUT2D eigenvalue weighted by Gasteiger charge is -2.05. The van der Waals surface area contributed by atoms with E-state index in [2.05, 4.69) is 12.6 Å². The molecule has 1 rings (SSSR count). The number of allylic oxidation sites excluding steroid dienone is 1. The summed E-state index contributed by atoms with van der Waals surface area (Å²) in [6.07, 6.45) is 3.42. The smallest absolute Gasteiger partial charge is 0.0716 e. The van der Waals surface area contributed by atoms with Crippen LogP contribution >= 0.6 is 0 Å². The molecule has 1 unspecified atom stereocenters. The molecule has 0 bridgehead atoms. The van der Waals surface area contributed by atoms with E-state index >= 15 is 0 Å². The topological polar surface area (TPSA) is 33.0 Å². The van der Waals surface area contributed by atoms with Gasteiger partial charge in [0.25, 0.3) is 0 Å². The van der Waals surface area contributed by atoms with Gasteiger partial charge in [0.1, 0.15) is 0 Å². The first kappa shape index (κ1) is 12.5. The molecule has 0 amide bonds. The SMILES string of the molecule is C=CC(C#N)CCCOCc1ccccc1. The fourth-order valence-corrected chi connectivity index (χ4v) is 1.40. The predicted molar refractivity (Wildman–Crippen MR) is 64.6 cm³/mol. The number of benzene rings is 1. The van der Waals surface area contributed by atoms with Crippen molar-refractivity contribution in [2.75, 3.05) is 6.61 Å². The second-order valence-corrected chi connectivity index (χ2v) is 3.65. The average Bonchev–Trinajstić information content (AvgIpc) is 2.35. The molecule has 0 aliphatic carbocycles. The molecule has 0 saturated heterocycles. The maximum absolute atomic E-state index is 8.70. The molecule has 0 saturated carbocycles. The third-order valence-corrected chi connectivity index (χ3v) is 2.37. The van der Waals surface area contributed by atoms with Gasteiger partial charge in [-0.15, -0.1) is 6.58 Å². The number of ether oxygens (including phenoxy) is 1. The van der Waals surface area contributed by atoms with E-state index in [9.17, 15) is 0 Å². The van der Waals surface area contributed by atoms with E-state index in [4.69, 9.17) is 10.00 Å². The standard InChI is InChI=1S/C14H17NO/c1-2-13(11-15)9-6-10-16-12-14-7-4-3-5-8-14/h2-5,7-8,13H,1,6,9-10,12H2. The summed E-state index contributed by atoms with van der Waals surface area (Å²) < 4.78 is 5.52. The van der Waals surface area contributed by atoms with Crippen molar-refractivity contribution in [2.24, 2.45) is 5.92 Å². The van der Waals surface area contributed by atoms with E-state index in [0.717, 1.165) is 12.8 Å². The first-order valence-corrected chi connectivity index (χ1v) is 5.50. The second kappa shape index (κ2) is 7.67. The van der Waals surface area contributed by atoms with E-state index in [-0.39, 0.29) is 5.92 Å². The van der Waals surface area contributed by atoms with Crippen molar-refractivity contribution in [1.29, 1.82) is 5.26 Å². The van der Waals surface area contributed by atoms with Gasteiger partial charge in [-0.25, -0.2) is 0 Å². The Kier molecular flexibility index (Phi) is 5.98. The van der Waals surface area contributed by atoms with Gasteiger partial charge < -0.3 is 4.74 Å². The lowest BCUT2D eigenvalue weighted by molar-refractivity contribution is 0.116. The lowest BCUT2D eigenvalue weighted by Crippen LogP contribution is -1.99. The summed E-state index contributed by atoms with van der Waals surface area (Å²) in [7, 11) is 0. The molecule has 0 N–H and O–H groups in total. The highest BCUT2D eigenvalue weighted by Gasteiger charge is 2.00. The van der Waals surface area contributed by atoms with Gasteiger partial charge >= 0.3 is 0 Å². The molecule has 0 heterocycles. The van der Waals surface area contributed by atoms with Gasteiger partial charge in [-0.3, -0.25) is 0 Å². The van der Waals surface area contributed by atoms with Crippen LogP contribution in [0.1, 0.15) is 18.4 Å². The van der Waals surface area contributed by atoms with Gasteiger partial charge in [0.15, 0.2) is 0 Å². The molecule has 0 aliphatic rings. The molecular weight excluding hydrogens is 198 g/mol. The van der Waals surface area contributed by atoms with E-state index < -0.39 is 0 Å². The lowest BCUT2D eigenvalue weighted by atomic mass is 10.1. The van der Waals surface area contributed by atoms with Crippen LogP contribution in [0.5, 0.6) is 0 Å². The molecule has 0 radical (unpaired) electrons. The molecule has 16 heavy (non-hydrogen) atoms. The maximum atomic E-state index is 8.70. The third-order valence-electron chi connectivity index (χ3n) is 2.37. The minimum absolute atomic E-state index is 0.0414. The minimum atomic E-state index is -0.0414. The molecule has 0 spiro atoms. The van der Waals surface area contributed by atoms with Crippen molar-refractivity contribution in [1.82, 2.24) is 0 Å². The summed E-state index contributed by atoms with van der Waals surface area (Å²) in [6.45, 7) is 4.96. The average molecular weight is 215 g/mol. The van der Waals surface area contributed by atoms with Gasteiger partial charge in [0.2, 0.25) is 0 Å². The summed E-state index contributed by atoms with van der Waals surface area (Å²) in [5.41, 5.74) is 1.18. The highest BCUT2D eigenvalue weighted by atomic mass is 16.5. The molecule has 84 valence electrons. The number of rotatable bonds is 7. The van der Waals surface area contributed by atoms with Crippen LogP contribution in [-0.4, -0.2) is 6.61 Å². The van der Waals surface area contributed by atoms with Crippen LogP contribution in [0.2, 0.25) is 0 Å². The van der Waals surface area contributed by atoms with Gasteiger partial charge in [0.05, 0.1) is 18.6 Å². The van der Waals surface area contributed by atoms with Gasteiger partial charge in [-0.2, -0.15) is 5.26 Å². The highest BCUT2D eigenvalue weighted by Crippen LogP contribution is 2.07. The van der Waals surface area contributed by atoms with Crippen LogP contribution in [0, 0.1) is 17.2 Å². The molecule has 0 aliphatic heterocycles. The van der Waals surface area contributed by atoms with Crippen LogP contribution in [-0.2, 0) is 11.3 Å². The Morgan fingerprint density at radius 1 is 1.38 bits per heavy atom. The van der Waals surface area contributed by atoms with Crippen LogP contribution in [0.4, 0.5) is 0 Å². The van der Waals surface area contributed by atoms with Crippen molar-refractivity contribution < 1.29 is 4.74 Å². The first-order chi connectivity index (χ1) is 7.86. The largest absolute Gasteiger partial charge is 0.377 e. The Bertz CT molecular complexity index is 340. The Balaban J connectivity index is 2.09. The molecule has 0 fully saturated rings. The maximum Gasteiger partial charge on any atom is 0.0716 e. The Hall–Kier alpha value is -1.59. The van der Waals surface area contributed by atoms with Crippen molar-refractivity contribution in [3.05, 3.63) is 48.6 Å². The summed E-state index contributed by atoms with van der Waals surface area (Å²) in [6, 6.07) is 12.3. The molecule has 1 aromatic rings. The number of nitriles is 1. The molecule has 2 nitrogen and oxygen atoms in total. The number of hydrogen-bond acceptors (Lipinski definition) is 2. The first-order valence-electron chi connectivity index (χ1n) is 5.50. The number of nitrogens with zero attached hydrogens (tertiary/aromatic N) is 1. The summed E-state index contributed by atoms with van der Waals surface area (Å²) in [5, 5.41) is 8.70. The summed E-state index contributed by atoms with van der Waals surface area (Å²) in [4.78, 5) is 0. The fraction of sp³-hybridized carbons (Fsp3) is 0.357. The van der Waals surface area contributed by atoms with Gasteiger partial charge in [-0.1, -0.05) is 36.4 Å². The Labute approximate surface area is 97.2 Å². The normalized spacial score (nSPS) is 11.7. The van der Waals surface area contributed by atoms with E-state index in [1.165, 1.54) is 5.56 Å². The van der Waals surface area contributed by atoms with Crippen LogP contribution in [0.3, 0.4) is 0 Å². The molecule has 1 atom stereocenters. The van der Waals surface area contributed by atoms with Crippen LogP contribution in [0.25, 0.3) is 0 Å². The van der Waals surface area contributed by atoms with Crippen molar-refractivity contribution in [3.8, 4) is 6.07 Å². The zero-order valence-electron chi connectivity index (χ0n) is 9.43. The summed E-state index contributed by atoms with van der Waals surface area (Å²) >= 11 is 0. The van der Waals surface area contributed by atoms with E-state index in [1.54, 1.807) is 6.08 Å². The predicted octanol–water partition coefficient (Wildman–Crippen LogP) is 3.31. The van der Waals surface area contributed by atoms with Gasteiger partial charge in [-0.05, 0) is 18.4 Å². The van der Waals surface area contributed by atoms with Crippen molar-refractivity contribution in [2.45, 2.75) is 19.4 Å². The Morgan fingerprint density at radius 3 is 2.75 bits per heavy atom. The Morgan fingerprint density at radius 2 is 2.12 bits per heavy atom. The van der Waals surface area contributed by atoms with Gasteiger partial charge in [0, 0.05) is 6.61 Å². The van der Waals surface area contributed by atoms with Crippen LogP contribution < -0.4 is 0 Å². The fourth-order valence-electron chi connectivity index (χ4n) is 1.40. The van der Waals surface area contributed by atoms with Crippen LogP contribution in [0.15, 0.2) is 43.0 Å². The van der Waals surface area contributed by atoms with Crippen molar-refractivity contribution >= 4 is 0 Å². The molecule has 2 heteroatoms. The zero-order valence-corrected chi connectivity index (χ0v) is 9.43. The van der Waals surface area contributed by atoms with E-state index in [0.29, 0.717) is 13.2 Å². The molecular formula is C14H17NO. The second-order valence-electron chi connectivity index (χ2n) is 3.65. The quantitative estimate of drug-likeness (QED) is 0.516. The molecule has 0 aromatic heterocycles. The third kappa shape index (κ3) is 4.77. The monoisotopic (exact) mass is 215 g/mol. The van der Waals surface area contributed by atoms with E-state index in [1.807, 2.05) is 30.3 Å². The zero-order chi connectivity index (χ0) is 11.6.